The highest BCUT2D eigenvalue weighted by atomic mass is 19.1. The van der Waals surface area contributed by atoms with Crippen LogP contribution in [0.25, 0.3) is 0 Å². The lowest BCUT2D eigenvalue weighted by Crippen LogP contribution is -2.02. The molecular weight excluding hydrogens is 233 g/mol. The summed E-state index contributed by atoms with van der Waals surface area (Å²) < 4.78 is 18.7. The minimum Gasteiger partial charge on any atom is -0.472 e. The second-order valence-corrected chi connectivity index (χ2v) is 3.61. The molecule has 2 rings (SSSR count). The van der Waals surface area contributed by atoms with E-state index in [0.717, 1.165) is 0 Å². The number of ether oxygens (including phenoxy) is 1. The molecule has 0 bridgehead atoms. The number of nitrogens with two attached hydrogens (primary N) is 1. The molecule has 1 aromatic heterocycles. The van der Waals surface area contributed by atoms with Crippen LogP contribution in [0.2, 0.25) is 0 Å². The number of anilines is 1. The molecule has 5 heteroatoms. The van der Waals surface area contributed by atoms with E-state index in [1.165, 1.54) is 18.3 Å². The molecule has 0 aliphatic heterocycles. The minimum absolute atomic E-state index is 0.0122. The monoisotopic (exact) mass is 243 g/mol. The fraction of sp³-hybridized carbons (Fsp3) is 0.0769. The quantitative estimate of drug-likeness (QED) is 0.897. The summed E-state index contributed by atoms with van der Waals surface area (Å²) in [6.07, 6.45) is 1.39. The van der Waals surface area contributed by atoms with Gasteiger partial charge in [0.15, 0.2) is 0 Å². The molecule has 0 unspecified atom stereocenters. The molecular formula is C13H10FN3O. The van der Waals surface area contributed by atoms with Crippen molar-refractivity contribution >= 4 is 5.69 Å². The summed E-state index contributed by atoms with van der Waals surface area (Å²) in [5, 5.41) is 8.90. The molecule has 0 fully saturated rings. The zero-order valence-corrected chi connectivity index (χ0v) is 9.43. The predicted octanol–water partition coefficient (Wildman–Crippen LogP) is 2.25. The van der Waals surface area contributed by atoms with Crippen molar-refractivity contribution < 1.29 is 9.13 Å². The standard InChI is InChI=1S/C13H10FN3O/c14-12-4-2-1-3-9(12)8-18-13-10(6-15)5-11(16)7-17-13/h1-5,7H,8,16H2. The van der Waals surface area contributed by atoms with Crippen LogP contribution in [-0.4, -0.2) is 4.98 Å². The third-order valence-corrected chi connectivity index (χ3v) is 2.31. The van der Waals surface area contributed by atoms with Crippen molar-refractivity contribution in [1.29, 1.82) is 5.26 Å². The smallest absolute Gasteiger partial charge is 0.232 e. The number of rotatable bonds is 3. The average Bonchev–Trinajstić information content (AvgIpc) is 2.39. The van der Waals surface area contributed by atoms with Crippen molar-refractivity contribution in [2.75, 3.05) is 5.73 Å². The summed E-state index contributed by atoms with van der Waals surface area (Å²) in [4.78, 5) is 3.90. The highest BCUT2D eigenvalue weighted by molar-refractivity contribution is 5.48. The Bertz CT molecular complexity index is 607. The van der Waals surface area contributed by atoms with E-state index in [-0.39, 0.29) is 23.9 Å². The van der Waals surface area contributed by atoms with Crippen molar-refractivity contribution in [3.05, 3.63) is 53.5 Å². The summed E-state index contributed by atoms with van der Waals surface area (Å²) in [7, 11) is 0. The van der Waals surface area contributed by atoms with E-state index in [0.29, 0.717) is 11.3 Å². The van der Waals surface area contributed by atoms with Crippen LogP contribution < -0.4 is 10.5 Å². The lowest BCUT2D eigenvalue weighted by Gasteiger charge is -2.07. The summed E-state index contributed by atoms with van der Waals surface area (Å²) >= 11 is 0. The first-order chi connectivity index (χ1) is 8.70. The highest BCUT2D eigenvalue weighted by Gasteiger charge is 2.07. The molecule has 90 valence electrons. The second kappa shape index (κ2) is 5.15. The third kappa shape index (κ3) is 2.55. The first kappa shape index (κ1) is 11.9. The molecule has 0 spiro atoms. The highest BCUT2D eigenvalue weighted by Crippen LogP contribution is 2.18. The lowest BCUT2D eigenvalue weighted by atomic mass is 10.2. The van der Waals surface area contributed by atoms with Gasteiger partial charge in [0.2, 0.25) is 5.88 Å². The van der Waals surface area contributed by atoms with E-state index in [4.69, 9.17) is 15.7 Å². The van der Waals surface area contributed by atoms with Crippen LogP contribution in [0.3, 0.4) is 0 Å². The summed E-state index contributed by atoms with van der Waals surface area (Å²) in [6, 6.07) is 9.66. The topological polar surface area (TPSA) is 71.9 Å². The van der Waals surface area contributed by atoms with Crippen molar-refractivity contribution in [3.8, 4) is 11.9 Å². The molecule has 1 aromatic carbocycles. The van der Waals surface area contributed by atoms with Crippen LogP contribution in [0.15, 0.2) is 36.5 Å². The van der Waals surface area contributed by atoms with Crippen molar-refractivity contribution in [2.24, 2.45) is 0 Å². The molecule has 18 heavy (non-hydrogen) atoms. The van der Waals surface area contributed by atoms with Gasteiger partial charge < -0.3 is 10.5 Å². The normalized spacial score (nSPS) is 9.78. The van der Waals surface area contributed by atoms with Crippen LogP contribution in [0, 0.1) is 17.1 Å². The molecule has 0 aliphatic rings. The molecule has 0 aliphatic carbocycles. The van der Waals surface area contributed by atoms with Gasteiger partial charge in [0.25, 0.3) is 0 Å². The molecule has 2 aromatic rings. The molecule has 2 N–H and O–H groups in total. The Hall–Kier alpha value is -2.61. The van der Waals surface area contributed by atoms with Gasteiger partial charge in [0.1, 0.15) is 24.1 Å². The fourth-order valence-corrected chi connectivity index (χ4v) is 1.43. The number of nitriles is 1. The van der Waals surface area contributed by atoms with Gasteiger partial charge in [-0.3, -0.25) is 0 Å². The van der Waals surface area contributed by atoms with Gasteiger partial charge in [0.05, 0.1) is 11.9 Å². The number of pyridine rings is 1. The average molecular weight is 243 g/mol. The van der Waals surface area contributed by atoms with E-state index < -0.39 is 0 Å². The van der Waals surface area contributed by atoms with E-state index in [1.54, 1.807) is 18.2 Å². The van der Waals surface area contributed by atoms with Crippen LogP contribution in [0.1, 0.15) is 11.1 Å². The van der Waals surface area contributed by atoms with Gasteiger partial charge in [-0.05, 0) is 12.1 Å². The summed E-state index contributed by atoms with van der Waals surface area (Å²) in [6.45, 7) is 0.0122. The number of aromatic nitrogens is 1. The van der Waals surface area contributed by atoms with Crippen LogP contribution in [0.5, 0.6) is 5.88 Å². The number of halogens is 1. The van der Waals surface area contributed by atoms with E-state index in [1.807, 2.05) is 6.07 Å². The number of hydrogen-bond acceptors (Lipinski definition) is 4. The number of hydrogen-bond donors (Lipinski definition) is 1. The Morgan fingerprint density at radius 2 is 2.17 bits per heavy atom. The zero-order chi connectivity index (χ0) is 13.0. The summed E-state index contributed by atoms with van der Waals surface area (Å²) in [5.41, 5.74) is 6.52. The van der Waals surface area contributed by atoms with Gasteiger partial charge in [-0.15, -0.1) is 0 Å². The fourth-order valence-electron chi connectivity index (χ4n) is 1.43. The van der Waals surface area contributed by atoms with E-state index in [9.17, 15) is 4.39 Å². The van der Waals surface area contributed by atoms with Gasteiger partial charge in [-0.25, -0.2) is 9.37 Å². The maximum atomic E-state index is 13.4. The SMILES string of the molecule is N#Cc1cc(N)cnc1OCc1ccccc1F. The maximum Gasteiger partial charge on any atom is 0.232 e. The molecule has 4 nitrogen and oxygen atoms in total. The Balaban J connectivity index is 2.16. The predicted molar refractivity (Wildman–Crippen MR) is 64.1 cm³/mol. The molecule has 0 saturated carbocycles. The Kier molecular flexibility index (Phi) is 3.39. The van der Waals surface area contributed by atoms with Crippen LogP contribution >= 0.6 is 0 Å². The Morgan fingerprint density at radius 1 is 1.39 bits per heavy atom. The van der Waals surface area contributed by atoms with Gasteiger partial charge in [-0.2, -0.15) is 5.26 Å². The Labute approximate surface area is 103 Å². The van der Waals surface area contributed by atoms with Crippen LogP contribution in [-0.2, 0) is 6.61 Å². The maximum absolute atomic E-state index is 13.4. The zero-order valence-electron chi connectivity index (χ0n) is 9.43. The largest absolute Gasteiger partial charge is 0.472 e. The molecule has 0 saturated heterocycles. The van der Waals surface area contributed by atoms with Gasteiger partial charge in [-0.1, -0.05) is 18.2 Å². The second-order valence-electron chi connectivity index (χ2n) is 3.61. The van der Waals surface area contributed by atoms with Crippen molar-refractivity contribution in [1.82, 2.24) is 4.98 Å². The van der Waals surface area contributed by atoms with Crippen molar-refractivity contribution in [2.45, 2.75) is 6.61 Å². The van der Waals surface area contributed by atoms with E-state index in [2.05, 4.69) is 4.98 Å². The van der Waals surface area contributed by atoms with Crippen LogP contribution in [0.4, 0.5) is 10.1 Å². The molecule has 0 atom stereocenters. The van der Waals surface area contributed by atoms with Gasteiger partial charge >= 0.3 is 0 Å². The Morgan fingerprint density at radius 3 is 2.89 bits per heavy atom. The number of nitrogen functional groups attached to an aromatic ring is 1. The molecule has 1 heterocycles. The third-order valence-electron chi connectivity index (χ3n) is 2.31. The summed E-state index contributed by atoms with van der Waals surface area (Å²) in [5.74, 6) is -0.207. The minimum atomic E-state index is -0.355. The number of nitrogens with zero attached hydrogens (tertiary/aromatic N) is 2. The molecule has 0 radical (unpaired) electrons. The van der Waals surface area contributed by atoms with Crippen molar-refractivity contribution in [3.63, 3.8) is 0 Å². The first-order valence-corrected chi connectivity index (χ1v) is 5.22. The number of benzene rings is 1. The van der Waals surface area contributed by atoms with Gasteiger partial charge in [0, 0.05) is 5.56 Å². The van der Waals surface area contributed by atoms with E-state index >= 15 is 0 Å². The first-order valence-electron chi connectivity index (χ1n) is 5.22. The lowest BCUT2D eigenvalue weighted by molar-refractivity contribution is 0.287. The molecule has 0 amide bonds.